The second kappa shape index (κ2) is 5.18. The highest BCUT2D eigenvalue weighted by atomic mass is 19.2. The molecule has 20 heavy (non-hydrogen) atoms. The molecule has 2 aromatic rings. The molecule has 0 aliphatic carbocycles. The van der Waals surface area contributed by atoms with Crippen molar-refractivity contribution in [1.82, 2.24) is 14.8 Å². The van der Waals surface area contributed by atoms with Crippen LogP contribution in [0.1, 0.15) is 13.8 Å². The zero-order chi connectivity index (χ0) is 15.0. The van der Waals surface area contributed by atoms with Crippen LogP contribution in [0.3, 0.4) is 0 Å². The molecule has 0 aliphatic heterocycles. The van der Waals surface area contributed by atoms with Gasteiger partial charge in [0.25, 0.3) is 0 Å². The number of hydrogen-bond acceptors (Lipinski definition) is 2. The summed E-state index contributed by atoms with van der Waals surface area (Å²) in [6.07, 6.45) is 1.17. The molecule has 0 bridgehead atoms. The summed E-state index contributed by atoms with van der Waals surface area (Å²) >= 11 is 0. The van der Waals surface area contributed by atoms with Crippen LogP contribution in [0.25, 0.3) is 11.4 Å². The third-order valence-electron chi connectivity index (χ3n) is 2.61. The Morgan fingerprint density at radius 2 is 1.45 bits per heavy atom. The highest BCUT2D eigenvalue weighted by Crippen LogP contribution is 2.30. The van der Waals surface area contributed by atoms with Gasteiger partial charge in [-0.15, -0.1) is 10.2 Å². The molecule has 108 valence electrons. The summed E-state index contributed by atoms with van der Waals surface area (Å²) in [5.41, 5.74) is -1.07. The van der Waals surface area contributed by atoms with Crippen LogP contribution in [0.2, 0.25) is 0 Å². The van der Waals surface area contributed by atoms with Gasteiger partial charge in [0.05, 0.1) is 5.56 Å². The predicted octanol–water partition coefficient (Wildman–Crippen LogP) is 3.30. The van der Waals surface area contributed by atoms with Crippen LogP contribution in [0.15, 0.2) is 6.33 Å². The van der Waals surface area contributed by atoms with E-state index in [1.807, 2.05) is 13.8 Å². The zero-order valence-electron chi connectivity index (χ0n) is 10.6. The van der Waals surface area contributed by atoms with Gasteiger partial charge in [0, 0.05) is 6.54 Å². The molecule has 0 atom stereocenters. The van der Waals surface area contributed by atoms with Crippen LogP contribution in [-0.2, 0) is 6.54 Å². The van der Waals surface area contributed by atoms with Crippen LogP contribution in [0, 0.1) is 35.0 Å². The third-order valence-corrected chi connectivity index (χ3v) is 2.61. The van der Waals surface area contributed by atoms with Crippen molar-refractivity contribution in [3.63, 3.8) is 0 Å². The van der Waals surface area contributed by atoms with Gasteiger partial charge < -0.3 is 4.57 Å². The molecule has 0 amide bonds. The van der Waals surface area contributed by atoms with Gasteiger partial charge in [0.2, 0.25) is 5.82 Å². The van der Waals surface area contributed by atoms with Crippen LogP contribution in [0.5, 0.6) is 0 Å². The standard InChI is InChI=1S/C12H10F5N3/c1-5(2)3-20-4-18-19-12(20)6-7(13)9(15)11(17)10(16)8(6)14/h4-5H,3H2,1-2H3. The summed E-state index contributed by atoms with van der Waals surface area (Å²) < 4.78 is 67.9. The molecule has 0 saturated heterocycles. The molecular formula is C12H10F5N3. The fourth-order valence-corrected chi connectivity index (χ4v) is 1.78. The molecule has 0 spiro atoms. The van der Waals surface area contributed by atoms with Gasteiger partial charge in [-0.2, -0.15) is 0 Å². The van der Waals surface area contributed by atoms with Crippen molar-refractivity contribution in [1.29, 1.82) is 0 Å². The van der Waals surface area contributed by atoms with Crippen LogP contribution >= 0.6 is 0 Å². The lowest BCUT2D eigenvalue weighted by molar-refractivity contribution is 0.380. The van der Waals surface area contributed by atoms with Crippen LogP contribution in [0.4, 0.5) is 22.0 Å². The molecule has 2 rings (SSSR count). The SMILES string of the molecule is CC(C)Cn1cnnc1-c1c(F)c(F)c(F)c(F)c1F. The molecule has 1 aromatic carbocycles. The maximum Gasteiger partial charge on any atom is 0.200 e. The fourth-order valence-electron chi connectivity index (χ4n) is 1.78. The van der Waals surface area contributed by atoms with Crippen molar-refractivity contribution < 1.29 is 22.0 Å². The summed E-state index contributed by atoms with van der Waals surface area (Å²) in [5.74, 6) is -10.4. The smallest absolute Gasteiger partial charge is 0.200 e. The van der Waals surface area contributed by atoms with Crippen molar-refractivity contribution >= 4 is 0 Å². The lowest BCUT2D eigenvalue weighted by Crippen LogP contribution is -2.10. The molecule has 0 unspecified atom stereocenters. The van der Waals surface area contributed by atoms with E-state index in [4.69, 9.17) is 0 Å². The second-order valence-corrected chi connectivity index (χ2v) is 4.65. The molecular weight excluding hydrogens is 281 g/mol. The van der Waals surface area contributed by atoms with E-state index in [1.54, 1.807) is 0 Å². The van der Waals surface area contributed by atoms with Gasteiger partial charge in [-0.05, 0) is 5.92 Å². The maximum atomic E-state index is 13.7. The zero-order valence-corrected chi connectivity index (χ0v) is 10.6. The molecule has 1 aromatic heterocycles. The average Bonchev–Trinajstić information content (AvgIpc) is 2.82. The van der Waals surface area contributed by atoms with Gasteiger partial charge in [0.15, 0.2) is 29.1 Å². The monoisotopic (exact) mass is 291 g/mol. The van der Waals surface area contributed by atoms with E-state index < -0.39 is 40.5 Å². The highest BCUT2D eigenvalue weighted by Gasteiger charge is 2.29. The molecule has 0 saturated carbocycles. The Hall–Kier alpha value is -1.99. The van der Waals surface area contributed by atoms with Crippen molar-refractivity contribution in [2.24, 2.45) is 5.92 Å². The molecule has 0 fully saturated rings. The molecule has 0 aliphatic rings. The number of benzene rings is 1. The normalized spacial score (nSPS) is 11.4. The Balaban J connectivity index is 2.68. The summed E-state index contributed by atoms with van der Waals surface area (Å²) in [5, 5.41) is 6.91. The third kappa shape index (κ3) is 2.25. The van der Waals surface area contributed by atoms with Crippen molar-refractivity contribution in [3.8, 4) is 11.4 Å². The first-order valence-corrected chi connectivity index (χ1v) is 5.74. The van der Waals surface area contributed by atoms with Crippen LogP contribution in [-0.4, -0.2) is 14.8 Å². The van der Waals surface area contributed by atoms with Gasteiger partial charge in [-0.25, -0.2) is 22.0 Å². The number of rotatable bonds is 3. The first kappa shape index (κ1) is 14.4. The largest absolute Gasteiger partial charge is 0.313 e. The second-order valence-electron chi connectivity index (χ2n) is 4.65. The summed E-state index contributed by atoms with van der Waals surface area (Å²) in [6.45, 7) is 3.92. The first-order valence-electron chi connectivity index (χ1n) is 5.74. The van der Waals surface area contributed by atoms with E-state index in [0.29, 0.717) is 0 Å². The van der Waals surface area contributed by atoms with Gasteiger partial charge in [0.1, 0.15) is 6.33 Å². The number of hydrogen-bond donors (Lipinski definition) is 0. The Morgan fingerprint density at radius 3 is 1.95 bits per heavy atom. The Kier molecular flexibility index (Phi) is 3.74. The molecule has 0 radical (unpaired) electrons. The first-order chi connectivity index (χ1) is 9.34. The van der Waals surface area contributed by atoms with Gasteiger partial charge >= 0.3 is 0 Å². The quantitative estimate of drug-likeness (QED) is 0.493. The maximum absolute atomic E-state index is 13.7. The Morgan fingerprint density at radius 1 is 0.950 bits per heavy atom. The van der Waals surface area contributed by atoms with Gasteiger partial charge in [-0.3, -0.25) is 0 Å². The van der Waals surface area contributed by atoms with E-state index in [1.165, 1.54) is 10.9 Å². The van der Waals surface area contributed by atoms with Gasteiger partial charge in [-0.1, -0.05) is 13.8 Å². The molecule has 3 nitrogen and oxygen atoms in total. The highest BCUT2D eigenvalue weighted by molar-refractivity contribution is 5.57. The number of halogens is 5. The van der Waals surface area contributed by atoms with E-state index in [0.717, 1.165) is 0 Å². The molecule has 1 heterocycles. The van der Waals surface area contributed by atoms with Crippen LogP contribution < -0.4 is 0 Å². The topological polar surface area (TPSA) is 30.7 Å². The fraction of sp³-hybridized carbons (Fsp3) is 0.333. The van der Waals surface area contributed by atoms with Crippen molar-refractivity contribution in [2.45, 2.75) is 20.4 Å². The minimum Gasteiger partial charge on any atom is -0.313 e. The molecule has 8 heteroatoms. The number of nitrogens with zero attached hydrogens (tertiary/aromatic N) is 3. The van der Waals surface area contributed by atoms with E-state index >= 15 is 0 Å². The minimum atomic E-state index is -2.20. The van der Waals surface area contributed by atoms with E-state index in [-0.39, 0.29) is 12.5 Å². The number of aromatic nitrogens is 3. The average molecular weight is 291 g/mol. The summed E-state index contributed by atoms with van der Waals surface area (Å²) in [4.78, 5) is 0. The van der Waals surface area contributed by atoms with E-state index in [2.05, 4.69) is 10.2 Å². The summed E-state index contributed by atoms with van der Waals surface area (Å²) in [6, 6.07) is 0. The Bertz CT molecular complexity index is 622. The molecule has 0 N–H and O–H groups in total. The Labute approximate surface area is 111 Å². The minimum absolute atomic E-state index is 0.0750. The lowest BCUT2D eigenvalue weighted by atomic mass is 10.1. The predicted molar refractivity (Wildman–Crippen MR) is 60.1 cm³/mol. The summed E-state index contributed by atoms with van der Waals surface area (Å²) in [7, 11) is 0. The lowest BCUT2D eigenvalue weighted by Gasteiger charge is -2.11. The van der Waals surface area contributed by atoms with Crippen molar-refractivity contribution in [3.05, 3.63) is 35.4 Å². The van der Waals surface area contributed by atoms with E-state index in [9.17, 15) is 22.0 Å². The van der Waals surface area contributed by atoms with Crippen molar-refractivity contribution in [2.75, 3.05) is 0 Å².